The highest BCUT2D eigenvalue weighted by molar-refractivity contribution is 7.04. The van der Waals surface area contributed by atoms with E-state index in [0.29, 0.717) is 12.1 Å². The van der Waals surface area contributed by atoms with Crippen LogP contribution in [0.1, 0.15) is 33.0 Å². The molecule has 1 aromatic carbocycles. The molecular weight excluding hydrogens is 308 g/mol. The highest BCUT2D eigenvalue weighted by atomic mass is 32.1. The number of nitrogens with one attached hydrogen (secondary N) is 1. The van der Waals surface area contributed by atoms with Gasteiger partial charge in [-0.05, 0) is 56.1 Å². The zero-order chi connectivity index (χ0) is 16.4. The normalized spacial score (nSPS) is 10.7. The molecule has 6 heteroatoms. The second kappa shape index (κ2) is 6.34. The molecule has 2 aromatic heterocycles. The number of nitrogens with zero attached hydrogens (tertiary/aromatic N) is 3. The van der Waals surface area contributed by atoms with Gasteiger partial charge < -0.3 is 5.32 Å². The van der Waals surface area contributed by atoms with Crippen molar-refractivity contribution < 1.29 is 4.79 Å². The third-order valence-electron chi connectivity index (χ3n) is 3.62. The van der Waals surface area contributed by atoms with Crippen LogP contribution in [0.15, 0.2) is 35.7 Å². The maximum atomic E-state index is 12.3. The number of benzene rings is 1. The van der Waals surface area contributed by atoms with E-state index in [4.69, 9.17) is 0 Å². The van der Waals surface area contributed by atoms with Crippen molar-refractivity contribution in [2.45, 2.75) is 27.3 Å². The van der Waals surface area contributed by atoms with E-state index >= 15 is 0 Å². The molecule has 0 saturated heterocycles. The molecule has 0 radical (unpaired) electrons. The van der Waals surface area contributed by atoms with Crippen molar-refractivity contribution in [1.29, 1.82) is 0 Å². The largest absolute Gasteiger partial charge is 0.322 e. The summed E-state index contributed by atoms with van der Waals surface area (Å²) in [5.41, 5.74) is 5.38. The predicted octanol–water partition coefficient (Wildman–Crippen LogP) is 3.57. The lowest BCUT2D eigenvalue weighted by molar-refractivity contribution is 0.102. The Morgan fingerprint density at radius 1 is 1.26 bits per heavy atom. The number of hydrogen-bond acceptors (Lipinski definition) is 4. The summed E-state index contributed by atoms with van der Waals surface area (Å²) in [6, 6.07) is 9.89. The number of anilines is 1. The predicted molar refractivity (Wildman–Crippen MR) is 92.0 cm³/mol. The third-order valence-corrected chi connectivity index (χ3v) is 4.34. The zero-order valence-electron chi connectivity index (χ0n) is 13.3. The molecule has 0 fully saturated rings. The maximum Gasteiger partial charge on any atom is 0.258 e. The van der Waals surface area contributed by atoms with Gasteiger partial charge >= 0.3 is 0 Å². The first-order chi connectivity index (χ1) is 11.0. The van der Waals surface area contributed by atoms with Crippen LogP contribution in [-0.2, 0) is 6.54 Å². The van der Waals surface area contributed by atoms with Gasteiger partial charge in [-0.25, -0.2) is 0 Å². The Balaban J connectivity index is 1.76. The van der Waals surface area contributed by atoms with Crippen LogP contribution in [0.25, 0.3) is 0 Å². The van der Waals surface area contributed by atoms with Gasteiger partial charge in [-0.3, -0.25) is 9.48 Å². The lowest BCUT2D eigenvalue weighted by Gasteiger charge is -2.08. The molecule has 118 valence electrons. The molecule has 0 aliphatic carbocycles. The molecule has 0 spiro atoms. The zero-order valence-corrected chi connectivity index (χ0v) is 14.1. The topological polar surface area (TPSA) is 59.8 Å². The number of carbonyl (C=O) groups is 1. The number of hydrogen-bond donors (Lipinski definition) is 1. The van der Waals surface area contributed by atoms with Crippen LogP contribution < -0.4 is 5.32 Å². The minimum atomic E-state index is -0.125. The first kappa shape index (κ1) is 15.4. The summed E-state index contributed by atoms with van der Waals surface area (Å²) in [5, 5.41) is 9.17. The van der Waals surface area contributed by atoms with Crippen LogP contribution in [0.3, 0.4) is 0 Å². The van der Waals surface area contributed by atoms with E-state index in [-0.39, 0.29) is 5.91 Å². The van der Waals surface area contributed by atoms with Crippen molar-refractivity contribution in [3.8, 4) is 0 Å². The highest BCUT2D eigenvalue weighted by Gasteiger charge is 2.11. The quantitative estimate of drug-likeness (QED) is 0.797. The van der Waals surface area contributed by atoms with Gasteiger partial charge in [-0.15, -0.1) is 0 Å². The van der Waals surface area contributed by atoms with Crippen LogP contribution >= 0.6 is 11.5 Å². The molecule has 5 nitrogen and oxygen atoms in total. The van der Waals surface area contributed by atoms with E-state index in [2.05, 4.69) is 20.9 Å². The van der Waals surface area contributed by atoms with Crippen molar-refractivity contribution in [2.24, 2.45) is 0 Å². The molecular formula is C17H18N4OS. The van der Waals surface area contributed by atoms with Gasteiger partial charge in [0.2, 0.25) is 0 Å². The van der Waals surface area contributed by atoms with Gasteiger partial charge in [0.25, 0.3) is 5.91 Å². The van der Waals surface area contributed by atoms with E-state index in [1.54, 1.807) is 5.38 Å². The van der Waals surface area contributed by atoms with Crippen LogP contribution in [0.2, 0.25) is 0 Å². The van der Waals surface area contributed by atoms with Crippen LogP contribution in [0.4, 0.5) is 5.69 Å². The summed E-state index contributed by atoms with van der Waals surface area (Å²) in [4.78, 5) is 12.3. The number of aryl methyl sites for hydroxylation is 3. The van der Waals surface area contributed by atoms with Crippen molar-refractivity contribution in [3.63, 3.8) is 0 Å². The van der Waals surface area contributed by atoms with Crippen molar-refractivity contribution in [3.05, 3.63) is 63.9 Å². The Kier molecular flexibility index (Phi) is 4.25. The number of rotatable bonds is 4. The van der Waals surface area contributed by atoms with Gasteiger partial charge in [0, 0.05) is 16.8 Å². The minimum Gasteiger partial charge on any atom is -0.322 e. The van der Waals surface area contributed by atoms with Gasteiger partial charge in [0.1, 0.15) is 0 Å². The molecule has 0 aliphatic rings. The van der Waals surface area contributed by atoms with Gasteiger partial charge in [0.15, 0.2) is 0 Å². The Bertz CT molecular complexity index is 850. The van der Waals surface area contributed by atoms with Crippen molar-refractivity contribution in [2.75, 3.05) is 5.32 Å². The van der Waals surface area contributed by atoms with Gasteiger partial charge in [-0.1, -0.05) is 12.1 Å². The number of aromatic nitrogens is 3. The molecule has 3 aromatic rings. The molecule has 23 heavy (non-hydrogen) atoms. The summed E-state index contributed by atoms with van der Waals surface area (Å²) >= 11 is 1.29. The van der Waals surface area contributed by atoms with E-state index in [1.165, 1.54) is 11.5 Å². The van der Waals surface area contributed by atoms with E-state index in [9.17, 15) is 4.79 Å². The lowest BCUT2D eigenvalue weighted by Crippen LogP contribution is -2.12. The fourth-order valence-corrected chi connectivity index (χ4v) is 3.16. The first-order valence-electron chi connectivity index (χ1n) is 7.35. The highest BCUT2D eigenvalue weighted by Crippen LogP contribution is 2.16. The summed E-state index contributed by atoms with van der Waals surface area (Å²) in [5.74, 6) is -0.125. The minimum absolute atomic E-state index is 0.125. The number of carbonyl (C=O) groups excluding carboxylic acids is 1. The van der Waals surface area contributed by atoms with Crippen LogP contribution in [0.5, 0.6) is 0 Å². The van der Waals surface area contributed by atoms with Crippen LogP contribution in [0, 0.1) is 20.8 Å². The second-order valence-electron chi connectivity index (χ2n) is 5.55. The maximum absolute atomic E-state index is 12.3. The fraction of sp³-hybridized carbons (Fsp3) is 0.235. The Labute approximate surface area is 139 Å². The third kappa shape index (κ3) is 3.48. The monoisotopic (exact) mass is 326 g/mol. The molecule has 2 heterocycles. The smallest absolute Gasteiger partial charge is 0.258 e. The molecule has 0 bridgehead atoms. The summed E-state index contributed by atoms with van der Waals surface area (Å²) in [7, 11) is 0. The Hall–Kier alpha value is -2.47. The van der Waals surface area contributed by atoms with Crippen LogP contribution in [-0.4, -0.2) is 20.1 Å². The Morgan fingerprint density at radius 3 is 2.74 bits per heavy atom. The number of amides is 1. The summed E-state index contributed by atoms with van der Waals surface area (Å²) in [6.45, 7) is 6.54. The molecule has 1 N–H and O–H groups in total. The SMILES string of the molecule is Cc1cc(C)n(Cc2cccc(NC(=O)c3csnc3C)c2)n1. The van der Waals surface area contributed by atoms with Crippen molar-refractivity contribution in [1.82, 2.24) is 14.2 Å². The lowest BCUT2D eigenvalue weighted by atomic mass is 10.2. The summed E-state index contributed by atoms with van der Waals surface area (Å²) < 4.78 is 6.10. The van der Waals surface area contributed by atoms with Crippen molar-refractivity contribution >= 4 is 23.1 Å². The molecule has 0 saturated carbocycles. The second-order valence-corrected chi connectivity index (χ2v) is 6.18. The molecule has 1 amide bonds. The van der Waals surface area contributed by atoms with E-state index < -0.39 is 0 Å². The molecule has 0 unspecified atom stereocenters. The Morgan fingerprint density at radius 2 is 2.09 bits per heavy atom. The average Bonchev–Trinajstić information content (AvgIpc) is 3.05. The summed E-state index contributed by atoms with van der Waals surface area (Å²) in [6.07, 6.45) is 0. The standard InChI is InChI=1S/C17H18N4OS/c1-11-7-12(2)21(19-11)9-14-5-4-6-15(8-14)18-17(22)16-10-23-20-13(16)3/h4-8,10H,9H2,1-3H3,(H,18,22). The van der Waals surface area contributed by atoms with Gasteiger partial charge in [-0.2, -0.15) is 9.47 Å². The molecule has 0 atom stereocenters. The molecule has 0 aliphatic heterocycles. The fourth-order valence-electron chi connectivity index (χ4n) is 2.46. The average molecular weight is 326 g/mol. The van der Waals surface area contributed by atoms with E-state index in [0.717, 1.165) is 28.3 Å². The van der Waals surface area contributed by atoms with Gasteiger partial charge in [0.05, 0.1) is 23.5 Å². The van der Waals surface area contributed by atoms with E-state index in [1.807, 2.05) is 49.7 Å². The molecule has 3 rings (SSSR count). The first-order valence-corrected chi connectivity index (χ1v) is 8.19.